The molecule has 0 atom stereocenters. The van der Waals surface area contributed by atoms with E-state index < -0.39 is 0 Å². The van der Waals surface area contributed by atoms with Gasteiger partial charge in [0, 0.05) is 11.3 Å². The maximum Gasteiger partial charge on any atom is 0.171 e. The summed E-state index contributed by atoms with van der Waals surface area (Å²) in [7, 11) is 0. The van der Waals surface area contributed by atoms with Crippen LogP contribution >= 0.6 is 27.3 Å². The average Bonchev–Trinajstić information content (AvgIpc) is 2.74. The molecule has 0 saturated carbocycles. The number of hydrazine groups is 1. The highest BCUT2D eigenvalue weighted by Crippen LogP contribution is 2.32. The van der Waals surface area contributed by atoms with Crippen molar-refractivity contribution in [2.75, 3.05) is 5.43 Å². The molecule has 0 bridgehead atoms. The molecule has 0 aliphatic heterocycles. The topological polar surface area (TPSA) is 63.8 Å². The van der Waals surface area contributed by atoms with E-state index in [9.17, 15) is 0 Å². The van der Waals surface area contributed by atoms with Crippen molar-refractivity contribution in [3.8, 4) is 10.7 Å². The third kappa shape index (κ3) is 2.55. The van der Waals surface area contributed by atoms with Crippen LogP contribution in [0.4, 0.5) is 5.82 Å². The smallest absolute Gasteiger partial charge is 0.171 e. The molecular weight excluding hydrogens is 312 g/mol. The van der Waals surface area contributed by atoms with Crippen LogP contribution in [-0.2, 0) is 0 Å². The van der Waals surface area contributed by atoms with Crippen LogP contribution in [0.3, 0.4) is 0 Å². The summed E-state index contributed by atoms with van der Waals surface area (Å²) in [6.07, 6.45) is 0. The Balaban J connectivity index is 2.55. The Labute approximate surface area is 119 Å². The highest BCUT2D eigenvalue weighted by Gasteiger charge is 2.15. The minimum absolute atomic E-state index is 0.333. The van der Waals surface area contributed by atoms with Gasteiger partial charge in [0.15, 0.2) is 5.82 Å². The Hall–Kier alpha value is -0.980. The third-order valence-corrected chi connectivity index (χ3v) is 4.26. The SMILES string of the molecule is Cc1nc(-c2ccc(Br)s2)nc(NN)c1C(C)C. The molecular formula is C12H15BrN4S. The molecule has 2 aromatic rings. The molecule has 0 radical (unpaired) electrons. The lowest BCUT2D eigenvalue weighted by Gasteiger charge is -2.14. The van der Waals surface area contributed by atoms with Crippen molar-refractivity contribution >= 4 is 33.1 Å². The van der Waals surface area contributed by atoms with Gasteiger partial charge < -0.3 is 5.43 Å². The van der Waals surface area contributed by atoms with Crippen molar-refractivity contribution < 1.29 is 0 Å². The van der Waals surface area contributed by atoms with Crippen LogP contribution in [0.1, 0.15) is 31.0 Å². The van der Waals surface area contributed by atoms with Gasteiger partial charge in [-0.15, -0.1) is 11.3 Å². The van der Waals surface area contributed by atoms with Gasteiger partial charge in [0.1, 0.15) is 5.82 Å². The van der Waals surface area contributed by atoms with Crippen molar-refractivity contribution in [2.24, 2.45) is 5.84 Å². The lowest BCUT2D eigenvalue weighted by atomic mass is 10.0. The molecule has 2 heterocycles. The number of nitrogens with zero attached hydrogens (tertiary/aromatic N) is 2. The quantitative estimate of drug-likeness (QED) is 0.667. The molecule has 3 N–H and O–H groups in total. The van der Waals surface area contributed by atoms with Crippen LogP contribution in [0.5, 0.6) is 0 Å². The summed E-state index contributed by atoms with van der Waals surface area (Å²) in [6, 6.07) is 3.99. The van der Waals surface area contributed by atoms with E-state index in [1.807, 2.05) is 19.1 Å². The Morgan fingerprint density at radius 3 is 2.56 bits per heavy atom. The van der Waals surface area contributed by atoms with Crippen molar-refractivity contribution in [1.29, 1.82) is 0 Å². The number of thiophene rings is 1. The summed E-state index contributed by atoms with van der Waals surface area (Å²) in [5, 5.41) is 0. The Bertz CT molecular complexity index is 565. The van der Waals surface area contributed by atoms with Crippen molar-refractivity contribution in [3.05, 3.63) is 27.2 Å². The first-order valence-corrected chi connectivity index (χ1v) is 7.24. The Kier molecular flexibility index (Phi) is 3.99. The second-order valence-electron chi connectivity index (χ2n) is 4.30. The van der Waals surface area contributed by atoms with Crippen molar-refractivity contribution in [1.82, 2.24) is 9.97 Å². The molecule has 0 aliphatic carbocycles. The minimum Gasteiger partial charge on any atom is -0.308 e. The van der Waals surface area contributed by atoms with Crippen LogP contribution in [-0.4, -0.2) is 9.97 Å². The van der Waals surface area contributed by atoms with Gasteiger partial charge in [-0.2, -0.15) is 0 Å². The maximum atomic E-state index is 5.56. The Morgan fingerprint density at radius 2 is 2.06 bits per heavy atom. The number of halogens is 1. The molecule has 2 aromatic heterocycles. The standard InChI is InChI=1S/C12H15BrN4S/c1-6(2)10-7(3)15-11(16-12(10)17-14)8-4-5-9(13)18-8/h4-6H,14H2,1-3H3,(H,15,16,17). The fourth-order valence-corrected chi connectivity index (χ4v) is 3.25. The van der Waals surface area contributed by atoms with E-state index >= 15 is 0 Å². The van der Waals surface area contributed by atoms with Crippen LogP contribution in [0.15, 0.2) is 15.9 Å². The molecule has 96 valence electrons. The van der Waals surface area contributed by atoms with Gasteiger partial charge >= 0.3 is 0 Å². The van der Waals surface area contributed by atoms with E-state index in [4.69, 9.17) is 5.84 Å². The van der Waals surface area contributed by atoms with Gasteiger partial charge in [-0.25, -0.2) is 15.8 Å². The minimum atomic E-state index is 0.333. The Morgan fingerprint density at radius 1 is 1.33 bits per heavy atom. The van der Waals surface area contributed by atoms with Crippen LogP contribution in [0, 0.1) is 6.92 Å². The number of hydrogen-bond acceptors (Lipinski definition) is 5. The van der Waals surface area contributed by atoms with Gasteiger partial charge in [0.2, 0.25) is 0 Å². The number of anilines is 1. The second kappa shape index (κ2) is 5.34. The van der Waals surface area contributed by atoms with Crippen molar-refractivity contribution in [2.45, 2.75) is 26.7 Å². The number of aromatic nitrogens is 2. The van der Waals surface area contributed by atoms with Gasteiger partial charge in [-0.3, -0.25) is 0 Å². The van der Waals surface area contributed by atoms with Crippen molar-refractivity contribution in [3.63, 3.8) is 0 Å². The summed E-state index contributed by atoms with van der Waals surface area (Å²) in [5.74, 6) is 7.31. The molecule has 0 amide bonds. The number of nitrogen functional groups attached to an aromatic ring is 1. The number of nitrogens with one attached hydrogen (secondary N) is 1. The third-order valence-electron chi connectivity index (χ3n) is 2.64. The molecule has 0 spiro atoms. The molecule has 0 unspecified atom stereocenters. The number of rotatable bonds is 3. The first kappa shape index (κ1) is 13.5. The predicted octanol–water partition coefficient (Wildman–Crippen LogP) is 3.69. The van der Waals surface area contributed by atoms with Crippen LogP contribution in [0.25, 0.3) is 10.7 Å². The monoisotopic (exact) mass is 326 g/mol. The summed E-state index contributed by atoms with van der Waals surface area (Å²) in [4.78, 5) is 10.1. The highest BCUT2D eigenvalue weighted by molar-refractivity contribution is 9.11. The summed E-state index contributed by atoms with van der Waals surface area (Å²) >= 11 is 5.05. The van der Waals surface area contributed by atoms with Gasteiger partial charge in [0.05, 0.1) is 8.66 Å². The lowest BCUT2D eigenvalue weighted by molar-refractivity contribution is 0.832. The predicted molar refractivity (Wildman–Crippen MR) is 79.7 cm³/mol. The fraction of sp³-hybridized carbons (Fsp3) is 0.333. The average molecular weight is 327 g/mol. The zero-order chi connectivity index (χ0) is 13.3. The molecule has 0 aliphatic rings. The molecule has 4 nitrogen and oxygen atoms in total. The van der Waals surface area contributed by atoms with Gasteiger partial charge in [-0.1, -0.05) is 13.8 Å². The first-order chi connectivity index (χ1) is 8.52. The zero-order valence-corrected chi connectivity index (χ0v) is 12.9. The highest BCUT2D eigenvalue weighted by atomic mass is 79.9. The van der Waals surface area contributed by atoms with E-state index in [1.54, 1.807) is 11.3 Å². The number of aryl methyl sites for hydroxylation is 1. The first-order valence-electron chi connectivity index (χ1n) is 5.63. The van der Waals surface area contributed by atoms with E-state index in [0.717, 1.165) is 19.9 Å². The molecule has 18 heavy (non-hydrogen) atoms. The van der Waals surface area contributed by atoms with Gasteiger partial charge in [0.25, 0.3) is 0 Å². The number of nitrogens with two attached hydrogens (primary N) is 1. The summed E-state index contributed by atoms with van der Waals surface area (Å²) in [5.41, 5.74) is 4.71. The molecule has 0 fully saturated rings. The van der Waals surface area contributed by atoms with E-state index in [0.29, 0.717) is 17.6 Å². The van der Waals surface area contributed by atoms with Crippen LogP contribution < -0.4 is 11.3 Å². The molecule has 6 heteroatoms. The number of hydrogen-bond donors (Lipinski definition) is 2. The summed E-state index contributed by atoms with van der Waals surface area (Å²) < 4.78 is 1.06. The van der Waals surface area contributed by atoms with E-state index in [-0.39, 0.29) is 0 Å². The lowest BCUT2D eigenvalue weighted by Crippen LogP contribution is -2.14. The molecule has 0 aromatic carbocycles. The second-order valence-corrected chi connectivity index (χ2v) is 6.76. The van der Waals surface area contributed by atoms with E-state index in [1.165, 1.54) is 0 Å². The van der Waals surface area contributed by atoms with Gasteiger partial charge in [-0.05, 0) is 40.9 Å². The normalized spacial score (nSPS) is 11.0. The molecule has 0 saturated heterocycles. The molecule has 2 rings (SSSR count). The van der Waals surface area contributed by atoms with E-state index in [2.05, 4.69) is 45.2 Å². The fourth-order valence-electron chi connectivity index (χ4n) is 1.93. The zero-order valence-electron chi connectivity index (χ0n) is 10.5. The van der Waals surface area contributed by atoms with Crippen LogP contribution in [0.2, 0.25) is 0 Å². The maximum absolute atomic E-state index is 5.56. The summed E-state index contributed by atoms with van der Waals surface area (Å²) in [6.45, 7) is 6.20. The largest absolute Gasteiger partial charge is 0.308 e.